The minimum atomic E-state index is -0.241. The van der Waals surface area contributed by atoms with Crippen molar-refractivity contribution in [3.05, 3.63) is 22.7 Å². The summed E-state index contributed by atoms with van der Waals surface area (Å²) in [4.78, 5) is 17.8. The van der Waals surface area contributed by atoms with E-state index in [1.807, 2.05) is 26.0 Å². The van der Waals surface area contributed by atoms with Gasteiger partial charge in [-0.15, -0.1) is 24.0 Å². The summed E-state index contributed by atoms with van der Waals surface area (Å²) < 4.78 is 16.0. The highest BCUT2D eigenvalue weighted by atomic mass is 127. The molecule has 1 saturated heterocycles. The Balaban J connectivity index is 0.00000450. The van der Waals surface area contributed by atoms with Crippen LogP contribution in [0.5, 0.6) is 11.5 Å². The highest BCUT2D eigenvalue weighted by Crippen LogP contribution is 2.36. The van der Waals surface area contributed by atoms with Crippen LogP contribution < -0.4 is 20.1 Å². The van der Waals surface area contributed by atoms with Crippen molar-refractivity contribution in [1.29, 1.82) is 0 Å². The van der Waals surface area contributed by atoms with Crippen molar-refractivity contribution < 1.29 is 19.0 Å². The van der Waals surface area contributed by atoms with Crippen LogP contribution in [0.2, 0.25) is 5.02 Å². The highest BCUT2D eigenvalue weighted by Gasteiger charge is 2.24. The lowest BCUT2D eigenvalue weighted by Gasteiger charge is -2.32. The lowest BCUT2D eigenvalue weighted by molar-refractivity contribution is 0.0963. The third-order valence-electron chi connectivity index (χ3n) is 4.62. The summed E-state index contributed by atoms with van der Waals surface area (Å²) in [5, 5.41) is 7.22. The lowest BCUT2D eigenvalue weighted by Crippen LogP contribution is -2.49. The molecular formula is C20H32ClIN4O4. The number of carbonyl (C=O) groups excluding carboxylic acids is 1. The van der Waals surface area contributed by atoms with Gasteiger partial charge in [0.15, 0.2) is 17.5 Å². The predicted octanol–water partition coefficient (Wildman–Crippen LogP) is 3.65. The van der Waals surface area contributed by atoms with Crippen molar-refractivity contribution >= 4 is 47.6 Å². The summed E-state index contributed by atoms with van der Waals surface area (Å²) >= 11 is 6.34. The standard InChI is InChI=1S/C20H31ClN4O4.HI/c1-5-28-18-16(21)11-14(12-17(18)27-4)13-23-19(22-3)24-15-7-9-25(10-8-15)20(26)29-6-2;/h11-12,15H,5-10,13H2,1-4H3,(H2,22,23,24);1H. The van der Waals surface area contributed by atoms with E-state index in [0.29, 0.717) is 55.3 Å². The summed E-state index contributed by atoms with van der Waals surface area (Å²) in [6.45, 7) is 6.49. The second-order valence-electron chi connectivity index (χ2n) is 6.57. The van der Waals surface area contributed by atoms with Crippen molar-refractivity contribution in [2.45, 2.75) is 39.3 Å². The van der Waals surface area contributed by atoms with Crippen LogP contribution in [0.1, 0.15) is 32.3 Å². The summed E-state index contributed by atoms with van der Waals surface area (Å²) in [6, 6.07) is 3.99. The number of nitrogens with zero attached hydrogens (tertiary/aromatic N) is 2. The van der Waals surface area contributed by atoms with E-state index in [-0.39, 0.29) is 36.1 Å². The van der Waals surface area contributed by atoms with Gasteiger partial charge in [0.2, 0.25) is 0 Å². The molecule has 2 N–H and O–H groups in total. The molecule has 30 heavy (non-hydrogen) atoms. The maximum atomic E-state index is 11.8. The van der Waals surface area contributed by atoms with Gasteiger partial charge in [0.05, 0.1) is 25.3 Å². The van der Waals surface area contributed by atoms with E-state index < -0.39 is 0 Å². The molecule has 10 heteroatoms. The smallest absolute Gasteiger partial charge is 0.409 e. The molecule has 1 aliphatic rings. The topological polar surface area (TPSA) is 84.4 Å². The van der Waals surface area contributed by atoms with Gasteiger partial charge in [-0.1, -0.05) is 11.6 Å². The maximum absolute atomic E-state index is 11.8. The number of nitrogens with one attached hydrogen (secondary N) is 2. The quantitative estimate of drug-likeness (QED) is 0.304. The lowest BCUT2D eigenvalue weighted by atomic mass is 10.1. The molecule has 1 heterocycles. The molecule has 1 aromatic rings. The van der Waals surface area contributed by atoms with Crippen LogP contribution in [-0.4, -0.2) is 63.5 Å². The number of benzene rings is 1. The molecule has 0 spiro atoms. The fraction of sp³-hybridized carbons (Fsp3) is 0.600. The monoisotopic (exact) mass is 554 g/mol. The van der Waals surface area contributed by atoms with Gasteiger partial charge in [-0.25, -0.2) is 4.79 Å². The highest BCUT2D eigenvalue weighted by molar-refractivity contribution is 14.0. The Morgan fingerprint density at radius 3 is 2.53 bits per heavy atom. The summed E-state index contributed by atoms with van der Waals surface area (Å²) in [5.41, 5.74) is 0.954. The number of rotatable bonds is 7. The van der Waals surface area contributed by atoms with Gasteiger partial charge in [-0.2, -0.15) is 0 Å². The number of carbonyl (C=O) groups is 1. The van der Waals surface area contributed by atoms with Gasteiger partial charge < -0.3 is 29.7 Å². The number of ether oxygens (including phenoxy) is 3. The number of hydrogen-bond acceptors (Lipinski definition) is 5. The number of guanidine groups is 1. The van der Waals surface area contributed by atoms with E-state index in [1.54, 1.807) is 19.1 Å². The molecule has 0 aliphatic carbocycles. The van der Waals surface area contributed by atoms with Gasteiger partial charge in [-0.3, -0.25) is 4.99 Å². The number of aliphatic imine (C=N–C) groups is 1. The van der Waals surface area contributed by atoms with Crippen LogP contribution in [0.15, 0.2) is 17.1 Å². The largest absolute Gasteiger partial charge is 0.493 e. The van der Waals surface area contributed by atoms with Gasteiger partial charge in [0.25, 0.3) is 0 Å². The van der Waals surface area contributed by atoms with Crippen LogP contribution >= 0.6 is 35.6 Å². The zero-order valence-corrected chi connectivity index (χ0v) is 21.1. The molecule has 170 valence electrons. The van der Waals surface area contributed by atoms with Crippen molar-refractivity contribution in [2.75, 3.05) is 40.5 Å². The average Bonchev–Trinajstić information content (AvgIpc) is 2.73. The minimum Gasteiger partial charge on any atom is -0.493 e. The molecule has 0 aromatic heterocycles. The molecule has 0 radical (unpaired) electrons. The predicted molar refractivity (Wildman–Crippen MR) is 130 cm³/mol. The Kier molecular flexibility index (Phi) is 12.0. The Morgan fingerprint density at radius 1 is 1.27 bits per heavy atom. The number of methoxy groups -OCH3 is 1. The summed E-state index contributed by atoms with van der Waals surface area (Å²) in [5.74, 6) is 1.85. The number of amides is 1. The van der Waals surface area contributed by atoms with Crippen molar-refractivity contribution in [2.24, 2.45) is 4.99 Å². The molecule has 2 rings (SSSR count). The van der Waals surface area contributed by atoms with Crippen molar-refractivity contribution in [3.8, 4) is 11.5 Å². The van der Waals surface area contributed by atoms with Crippen LogP contribution in [0.3, 0.4) is 0 Å². The number of hydrogen-bond donors (Lipinski definition) is 2. The first-order chi connectivity index (χ1) is 14.0. The van der Waals surface area contributed by atoms with Crippen LogP contribution in [0.4, 0.5) is 4.79 Å². The van der Waals surface area contributed by atoms with E-state index in [2.05, 4.69) is 15.6 Å². The Morgan fingerprint density at radius 2 is 1.97 bits per heavy atom. The maximum Gasteiger partial charge on any atom is 0.409 e. The van der Waals surface area contributed by atoms with E-state index in [9.17, 15) is 4.79 Å². The van der Waals surface area contributed by atoms with E-state index >= 15 is 0 Å². The second kappa shape index (κ2) is 13.6. The minimum absolute atomic E-state index is 0. The molecule has 0 unspecified atom stereocenters. The number of halogens is 2. The van der Waals surface area contributed by atoms with Crippen molar-refractivity contribution in [1.82, 2.24) is 15.5 Å². The molecule has 1 fully saturated rings. The zero-order chi connectivity index (χ0) is 21.2. The summed E-state index contributed by atoms with van der Waals surface area (Å²) in [7, 11) is 3.32. The van der Waals surface area contributed by atoms with Gasteiger partial charge in [0.1, 0.15) is 0 Å². The van der Waals surface area contributed by atoms with Crippen LogP contribution in [-0.2, 0) is 11.3 Å². The van der Waals surface area contributed by atoms with E-state index in [0.717, 1.165) is 18.4 Å². The number of piperidine rings is 1. The summed E-state index contributed by atoms with van der Waals surface area (Å²) in [6.07, 6.45) is 1.43. The van der Waals surface area contributed by atoms with Gasteiger partial charge in [0, 0.05) is 32.7 Å². The third-order valence-corrected chi connectivity index (χ3v) is 4.90. The molecule has 0 saturated carbocycles. The molecule has 1 aliphatic heterocycles. The zero-order valence-electron chi connectivity index (χ0n) is 18.0. The van der Waals surface area contributed by atoms with Crippen LogP contribution in [0, 0.1) is 0 Å². The Bertz CT molecular complexity index is 712. The molecule has 0 atom stereocenters. The Labute approximate surface area is 200 Å². The van der Waals surface area contributed by atoms with Crippen molar-refractivity contribution in [3.63, 3.8) is 0 Å². The van der Waals surface area contributed by atoms with Gasteiger partial charge in [-0.05, 0) is 44.4 Å². The first-order valence-corrected chi connectivity index (χ1v) is 10.3. The van der Waals surface area contributed by atoms with Crippen LogP contribution in [0.25, 0.3) is 0 Å². The van der Waals surface area contributed by atoms with E-state index in [1.165, 1.54) is 0 Å². The fourth-order valence-electron chi connectivity index (χ4n) is 3.15. The first-order valence-electron chi connectivity index (χ1n) is 9.90. The Hall–Kier alpha value is -1.62. The molecule has 1 aromatic carbocycles. The molecular weight excluding hydrogens is 523 g/mol. The number of likely N-dealkylation sites (tertiary alicyclic amines) is 1. The first kappa shape index (κ1) is 26.4. The molecule has 0 bridgehead atoms. The van der Waals surface area contributed by atoms with Gasteiger partial charge >= 0.3 is 6.09 Å². The fourth-order valence-corrected chi connectivity index (χ4v) is 3.44. The molecule has 1 amide bonds. The normalized spacial score (nSPS) is 14.6. The SMILES string of the molecule is CCOC(=O)N1CCC(NC(=NC)NCc2cc(Cl)c(OCC)c(OC)c2)CC1.I. The molecule has 8 nitrogen and oxygen atoms in total. The average molecular weight is 555 g/mol. The van der Waals surface area contributed by atoms with E-state index in [4.69, 9.17) is 25.8 Å². The second-order valence-corrected chi connectivity index (χ2v) is 6.98. The third kappa shape index (κ3) is 7.57.